The summed E-state index contributed by atoms with van der Waals surface area (Å²) in [5, 5.41) is 9.13. The third-order valence-electron chi connectivity index (χ3n) is 3.88. The summed E-state index contributed by atoms with van der Waals surface area (Å²) in [6.45, 7) is 0. The number of benzene rings is 2. The molecule has 1 N–H and O–H groups in total. The number of hydrogen-bond acceptors (Lipinski definition) is 1. The maximum Gasteiger partial charge on any atom is 0.303 e. The van der Waals surface area contributed by atoms with E-state index in [9.17, 15) is 4.79 Å². The first-order chi connectivity index (χ1) is 9.24. The van der Waals surface area contributed by atoms with Crippen LogP contribution in [-0.4, -0.2) is 11.1 Å². The van der Waals surface area contributed by atoms with E-state index in [4.69, 9.17) is 5.11 Å². The Kier molecular flexibility index (Phi) is 3.08. The van der Waals surface area contributed by atoms with E-state index < -0.39 is 5.97 Å². The maximum atomic E-state index is 11.1. The summed E-state index contributed by atoms with van der Waals surface area (Å²) in [5.41, 5.74) is 5.06. The number of carboxylic acids is 1. The van der Waals surface area contributed by atoms with Crippen LogP contribution in [0.4, 0.5) is 0 Å². The molecule has 2 aromatic carbocycles. The Morgan fingerprint density at radius 1 is 1.00 bits per heavy atom. The van der Waals surface area contributed by atoms with Crippen molar-refractivity contribution in [2.24, 2.45) is 0 Å². The van der Waals surface area contributed by atoms with Gasteiger partial charge in [0.15, 0.2) is 0 Å². The Bertz CT molecular complexity index is 616. The molecule has 0 saturated heterocycles. The van der Waals surface area contributed by atoms with Gasteiger partial charge >= 0.3 is 5.97 Å². The van der Waals surface area contributed by atoms with Crippen LogP contribution in [0.5, 0.6) is 0 Å². The van der Waals surface area contributed by atoms with Crippen molar-refractivity contribution in [2.75, 3.05) is 0 Å². The topological polar surface area (TPSA) is 37.3 Å². The van der Waals surface area contributed by atoms with E-state index in [-0.39, 0.29) is 12.3 Å². The number of carboxylic acid groups (broad SMARTS) is 1. The third-order valence-corrected chi connectivity index (χ3v) is 3.88. The molecule has 0 fully saturated rings. The summed E-state index contributed by atoms with van der Waals surface area (Å²) in [6, 6.07) is 16.6. The average Bonchev–Trinajstić information content (AvgIpc) is 2.55. The largest absolute Gasteiger partial charge is 0.481 e. The molecule has 1 aliphatic rings. The Hall–Kier alpha value is -2.09. The molecule has 0 radical (unpaired) electrons. The molecule has 0 unspecified atom stereocenters. The molecule has 0 amide bonds. The highest BCUT2D eigenvalue weighted by Crippen LogP contribution is 2.33. The van der Waals surface area contributed by atoms with Crippen molar-refractivity contribution in [3.05, 3.63) is 70.8 Å². The highest BCUT2D eigenvalue weighted by molar-refractivity contribution is 5.68. The fourth-order valence-corrected chi connectivity index (χ4v) is 3.00. The maximum absolute atomic E-state index is 11.1. The SMILES string of the molecule is O=C(O)C[C@H]1Cc2ccccc2Cc2ccccc21. The van der Waals surface area contributed by atoms with Gasteiger partial charge in [0.05, 0.1) is 6.42 Å². The average molecular weight is 252 g/mol. The molecule has 2 nitrogen and oxygen atoms in total. The Balaban J connectivity index is 2.08. The zero-order valence-electron chi connectivity index (χ0n) is 10.7. The van der Waals surface area contributed by atoms with Gasteiger partial charge in [0, 0.05) is 0 Å². The molecule has 0 aromatic heterocycles. The highest BCUT2D eigenvalue weighted by atomic mass is 16.4. The normalized spacial score (nSPS) is 17.2. The van der Waals surface area contributed by atoms with Crippen molar-refractivity contribution >= 4 is 5.97 Å². The van der Waals surface area contributed by atoms with Crippen molar-refractivity contribution in [3.8, 4) is 0 Å². The summed E-state index contributed by atoms with van der Waals surface area (Å²) in [7, 11) is 0. The molecule has 0 spiro atoms. The van der Waals surface area contributed by atoms with Crippen LogP contribution in [0.3, 0.4) is 0 Å². The lowest BCUT2D eigenvalue weighted by Crippen LogP contribution is -2.09. The van der Waals surface area contributed by atoms with E-state index >= 15 is 0 Å². The van der Waals surface area contributed by atoms with Gasteiger partial charge in [-0.25, -0.2) is 0 Å². The molecule has 96 valence electrons. The lowest BCUT2D eigenvalue weighted by atomic mass is 9.89. The first kappa shape index (κ1) is 12.0. The van der Waals surface area contributed by atoms with Crippen LogP contribution in [0.15, 0.2) is 48.5 Å². The number of hydrogen-bond donors (Lipinski definition) is 1. The van der Waals surface area contributed by atoms with E-state index in [2.05, 4.69) is 30.3 Å². The molecule has 0 bridgehead atoms. The second-order valence-corrected chi connectivity index (χ2v) is 5.14. The van der Waals surface area contributed by atoms with Crippen LogP contribution < -0.4 is 0 Å². The summed E-state index contributed by atoms with van der Waals surface area (Å²) in [6.07, 6.45) is 1.92. The number of rotatable bonds is 2. The monoisotopic (exact) mass is 252 g/mol. The van der Waals surface area contributed by atoms with Crippen LogP contribution in [0, 0.1) is 0 Å². The summed E-state index contributed by atoms with van der Waals surface area (Å²) in [4.78, 5) is 11.1. The van der Waals surface area contributed by atoms with Crippen LogP contribution >= 0.6 is 0 Å². The van der Waals surface area contributed by atoms with Gasteiger partial charge in [-0.3, -0.25) is 4.79 Å². The predicted molar refractivity (Wildman–Crippen MR) is 74.4 cm³/mol. The van der Waals surface area contributed by atoms with Crippen molar-refractivity contribution in [1.29, 1.82) is 0 Å². The molecule has 2 heteroatoms. The molecule has 0 aliphatic heterocycles. The predicted octanol–water partition coefficient (Wildman–Crippen LogP) is 3.39. The summed E-state index contributed by atoms with van der Waals surface area (Å²) in [5.74, 6) is -0.642. The van der Waals surface area contributed by atoms with Crippen molar-refractivity contribution < 1.29 is 9.90 Å². The van der Waals surface area contributed by atoms with E-state index in [1.54, 1.807) is 0 Å². The zero-order valence-corrected chi connectivity index (χ0v) is 10.7. The smallest absolute Gasteiger partial charge is 0.303 e. The van der Waals surface area contributed by atoms with Gasteiger partial charge in [0.1, 0.15) is 0 Å². The Morgan fingerprint density at radius 3 is 2.37 bits per heavy atom. The molecule has 0 saturated carbocycles. The van der Waals surface area contributed by atoms with Gasteiger partial charge in [0.2, 0.25) is 0 Å². The summed E-state index contributed by atoms with van der Waals surface area (Å²) < 4.78 is 0. The molecular weight excluding hydrogens is 236 g/mol. The van der Waals surface area contributed by atoms with E-state index in [1.807, 2.05) is 18.2 Å². The lowest BCUT2D eigenvalue weighted by Gasteiger charge is -2.15. The van der Waals surface area contributed by atoms with E-state index in [0.29, 0.717) is 0 Å². The molecule has 19 heavy (non-hydrogen) atoms. The van der Waals surface area contributed by atoms with Crippen LogP contribution in [0.1, 0.15) is 34.6 Å². The fraction of sp³-hybridized carbons (Fsp3) is 0.235. The molecule has 2 aromatic rings. The first-order valence-electron chi connectivity index (χ1n) is 6.60. The first-order valence-corrected chi connectivity index (χ1v) is 6.60. The van der Waals surface area contributed by atoms with E-state index in [1.165, 1.54) is 22.3 Å². The van der Waals surface area contributed by atoms with Crippen molar-refractivity contribution in [2.45, 2.75) is 25.2 Å². The van der Waals surface area contributed by atoms with Crippen LogP contribution in [0.2, 0.25) is 0 Å². The standard InChI is InChI=1S/C17H16O2/c18-17(19)11-15-10-13-6-2-1-5-12(13)9-14-7-3-4-8-16(14)15/h1-8,15H,9-11H2,(H,18,19)/t15-/m1/s1. The molecule has 1 aliphatic carbocycles. The van der Waals surface area contributed by atoms with Gasteiger partial charge in [-0.05, 0) is 41.0 Å². The van der Waals surface area contributed by atoms with Crippen LogP contribution in [-0.2, 0) is 17.6 Å². The molecule has 3 rings (SSSR count). The Labute approximate surface area is 112 Å². The van der Waals surface area contributed by atoms with Gasteiger partial charge in [-0.15, -0.1) is 0 Å². The van der Waals surface area contributed by atoms with Gasteiger partial charge in [-0.1, -0.05) is 48.5 Å². The molecule has 0 heterocycles. The summed E-state index contributed by atoms with van der Waals surface area (Å²) >= 11 is 0. The van der Waals surface area contributed by atoms with Crippen molar-refractivity contribution in [1.82, 2.24) is 0 Å². The van der Waals surface area contributed by atoms with Gasteiger partial charge in [-0.2, -0.15) is 0 Å². The van der Waals surface area contributed by atoms with Crippen LogP contribution in [0.25, 0.3) is 0 Å². The second-order valence-electron chi connectivity index (χ2n) is 5.14. The lowest BCUT2D eigenvalue weighted by molar-refractivity contribution is -0.137. The number of aliphatic carboxylic acids is 1. The number of carbonyl (C=O) groups is 1. The minimum absolute atomic E-state index is 0.0809. The minimum Gasteiger partial charge on any atom is -0.481 e. The van der Waals surface area contributed by atoms with Gasteiger partial charge < -0.3 is 5.11 Å². The van der Waals surface area contributed by atoms with E-state index in [0.717, 1.165) is 12.8 Å². The van der Waals surface area contributed by atoms with Crippen molar-refractivity contribution in [3.63, 3.8) is 0 Å². The van der Waals surface area contributed by atoms with Gasteiger partial charge in [0.25, 0.3) is 0 Å². The quantitative estimate of drug-likeness (QED) is 0.889. The highest BCUT2D eigenvalue weighted by Gasteiger charge is 2.23. The second kappa shape index (κ2) is 4.88. The number of fused-ring (bicyclic) bond motifs is 2. The molecule has 1 atom stereocenters. The zero-order chi connectivity index (χ0) is 13.2. The third kappa shape index (κ3) is 2.39. The Morgan fingerprint density at radius 2 is 1.63 bits per heavy atom. The fourth-order valence-electron chi connectivity index (χ4n) is 3.00. The molecular formula is C17H16O2. The minimum atomic E-state index is -0.723.